The normalized spacial score (nSPS) is 17.9. The number of ether oxygens (including phenoxy) is 2. The van der Waals surface area contributed by atoms with Gasteiger partial charge in [-0.25, -0.2) is 0 Å². The Morgan fingerprint density at radius 1 is 1.44 bits per heavy atom. The molecular formula is C13H18O2S. The third kappa shape index (κ3) is 1.94. The number of aryl methyl sites for hydroxylation is 1. The molecule has 2 nitrogen and oxygen atoms in total. The Morgan fingerprint density at radius 3 is 2.62 bits per heavy atom. The van der Waals surface area contributed by atoms with Crippen LogP contribution in [0.4, 0.5) is 0 Å². The highest BCUT2D eigenvalue weighted by atomic mass is 32.1. The highest BCUT2D eigenvalue weighted by Crippen LogP contribution is 2.37. The highest BCUT2D eigenvalue weighted by Gasteiger charge is 2.39. The number of hydrogen-bond donors (Lipinski definition) is 1. The van der Waals surface area contributed by atoms with Crippen LogP contribution in [0.25, 0.3) is 0 Å². The van der Waals surface area contributed by atoms with E-state index < -0.39 is 0 Å². The minimum Gasteiger partial charge on any atom is -0.496 e. The largest absolute Gasteiger partial charge is 0.496 e. The summed E-state index contributed by atoms with van der Waals surface area (Å²) in [7, 11) is 1.71. The van der Waals surface area contributed by atoms with Crippen molar-refractivity contribution in [3.05, 3.63) is 29.3 Å². The number of methoxy groups -OCH3 is 1. The van der Waals surface area contributed by atoms with Gasteiger partial charge in [0.1, 0.15) is 5.75 Å². The van der Waals surface area contributed by atoms with E-state index in [1.807, 2.05) is 6.07 Å². The van der Waals surface area contributed by atoms with Crippen LogP contribution in [0.2, 0.25) is 0 Å². The van der Waals surface area contributed by atoms with Crippen molar-refractivity contribution in [2.45, 2.75) is 18.8 Å². The monoisotopic (exact) mass is 238 g/mol. The molecule has 1 aromatic carbocycles. The molecule has 3 heteroatoms. The zero-order chi connectivity index (χ0) is 11.6. The SMILES string of the molecule is COc1ccc(C2(CCS)COC2)cc1C. The molecular weight excluding hydrogens is 220 g/mol. The van der Waals surface area contributed by atoms with E-state index in [0.717, 1.165) is 31.1 Å². The maximum Gasteiger partial charge on any atom is 0.121 e. The highest BCUT2D eigenvalue weighted by molar-refractivity contribution is 7.80. The van der Waals surface area contributed by atoms with Crippen molar-refractivity contribution in [1.82, 2.24) is 0 Å². The van der Waals surface area contributed by atoms with Gasteiger partial charge in [-0.15, -0.1) is 0 Å². The summed E-state index contributed by atoms with van der Waals surface area (Å²) < 4.78 is 10.7. The zero-order valence-electron chi connectivity index (χ0n) is 9.82. The Hall–Kier alpha value is -0.670. The molecule has 88 valence electrons. The molecule has 1 heterocycles. The molecule has 0 bridgehead atoms. The fraction of sp³-hybridized carbons (Fsp3) is 0.538. The van der Waals surface area contributed by atoms with E-state index in [1.54, 1.807) is 7.11 Å². The summed E-state index contributed by atoms with van der Waals surface area (Å²) in [4.78, 5) is 0. The second kappa shape index (κ2) is 4.68. The maximum atomic E-state index is 5.38. The average Bonchev–Trinajstić information content (AvgIpc) is 2.23. The van der Waals surface area contributed by atoms with Gasteiger partial charge < -0.3 is 9.47 Å². The summed E-state index contributed by atoms with van der Waals surface area (Å²) in [6.07, 6.45) is 1.07. The average molecular weight is 238 g/mol. The van der Waals surface area contributed by atoms with Crippen molar-refractivity contribution in [3.63, 3.8) is 0 Å². The Balaban J connectivity index is 2.29. The van der Waals surface area contributed by atoms with E-state index >= 15 is 0 Å². The lowest BCUT2D eigenvalue weighted by atomic mass is 9.76. The number of hydrogen-bond acceptors (Lipinski definition) is 3. The summed E-state index contributed by atoms with van der Waals surface area (Å²) in [5.41, 5.74) is 2.73. The quantitative estimate of drug-likeness (QED) is 0.813. The van der Waals surface area contributed by atoms with E-state index in [1.165, 1.54) is 11.1 Å². The predicted octanol–water partition coefficient (Wildman–Crippen LogP) is 2.59. The van der Waals surface area contributed by atoms with Gasteiger partial charge in [0.05, 0.1) is 20.3 Å². The molecule has 1 aliphatic rings. The van der Waals surface area contributed by atoms with Gasteiger partial charge in [0.25, 0.3) is 0 Å². The van der Waals surface area contributed by atoms with Gasteiger partial charge in [0.2, 0.25) is 0 Å². The van der Waals surface area contributed by atoms with Crippen LogP contribution in [0, 0.1) is 6.92 Å². The number of thiol groups is 1. The van der Waals surface area contributed by atoms with Crippen LogP contribution in [-0.4, -0.2) is 26.1 Å². The fourth-order valence-electron chi connectivity index (χ4n) is 2.23. The Kier molecular flexibility index (Phi) is 3.45. The van der Waals surface area contributed by atoms with Crippen molar-refractivity contribution in [1.29, 1.82) is 0 Å². The molecule has 16 heavy (non-hydrogen) atoms. The number of rotatable bonds is 4. The number of benzene rings is 1. The molecule has 0 N–H and O–H groups in total. The molecule has 1 saturated heterocycles. The van der Waals surface area contributed by atoms with E-state index in [0.29, 0.717) is 0 Å². The lowest BCUT2D eigenvalue weighted by Crippen LogP contribution is -2.47. The molecule has 0 spiro atoms. The van der Waals surface area contributed by atoms with Crippen LogP contribution in [0.3, 0.4) is 0 Å². The standard InChI is InChI=1S/C13H18O2S/c1-10-7-11(3-4-12(10)14-2)13(5-6-16)8-15-9-13/h3-4,7,16H,5-6,8-9H2,1-2H3. The van der Waals surface area contributed by atoms with Gasteiger partial charge in [0.15, 0.2) is 0 Å². The molecule has 1 aliphatic heterocycles. The van der Waals surface area contributed by atoms with E-state index in [4.69, 9.17) is 9.47 Å². The lowest BCUT2D eigenvalue weighted by Gasteiger charge is -2.42. The fourth-order valence-corrected chi connectivity index (χ4v) is 2.65. The van der Waals surface area contributed by atoms with E-state index in [2.05, 4.69) is 31.7 Å². The van der Waals surface area contributed by atoms with Gasteiger partial charge >= 0.3 is 0 Å². The van der Waals surface area contributed by atoms with Crippen molar-refractivity contribution < 1.29 is 9.47 Å². The first kappa shape index (κ1) is 11.8. The molecule has 2 rings (SSSR count). The summed E-state index contributed by atoms with van der Waals surface area (Å²) in [6, 6.07) is 6.41. The minimum atomic E-state index is 0.193. The van der Waals surface area contributed by atoms with Crippen LogP contribution >= 0.6 is 12.6 Å². The first-order chi connectivity index (χ1) is 7.72. The summed E-state index contributed by atoms with van der Waals surface area (Å²) >= 11 is 4.34. The third-order valence-corrected chi connectivity index (χ3v) is 3.58. The first-order valence-corrected chi connectivity index (χ1v) is 6.19. The topological polar surface area (TPSA) is 18.5 Å². The van der Waals surface area contributed by atoms with Crippen LogP contribution in [0.1, 0.15) is 17.5 Å². The molecule has 0 aromatic heterocycles. The van der Waals surface area contributed by atoms with Crippen LogP contribution < -0.4 is 4.74 Å². The van der Waals surface area contributed by atoms with Gasteiger partial charge in [0, 0.05) is 5.41 Å². The van der Waals surface area contributed by atoms with Gasteiger partial charge in [-0.2, -0.15) is 12.6 Å². The molecule has 0 unspecified atom stereocenters. The van der Waals surface area contributed by atoms with Crippen molar-refractivity contribution in [2.24, 2.45) is 0 Å². The Morgan fingerprint density at radius 2 is 2.19 bits per heavy atom. The van der Waals surface area contributed by atoms with E-state index in [-0.39, 0.29) is 5.41 Å². The molecule has 1 fully saturated rings. The van der Waals surface area contributed by atoms with Gasteiger partial charge in [-0.3, -0.25) is 0 Å². The van der Waals surface area contributed by atoms with Crippen molar-refractivity contribution >= 4 is 12.6 Å². The first-order valence-electron chi connectivity index (χ1n) is 5.55. The molecule has 0 amide bonds. The van der Waals surface area contributed by atoms with E-state index in [9.17, 15) is 0 Å². The van der Waals surface area contributed by atoms with Crippen LogP contribution in [0.5, 0.6) is 5.75 Å². The smallest absolute Gasteiger partial charge is 0.121 e. The molecule has 0 atom stereocenters. The predicted molar refractivity (Wildman–Crippen MR) is 68.7 cm³/mol. The third-order valence-electron chi connectivity index (χ3n) is 3.35. The van der Waals surface area contributed by atoms with Gasteiger partial charge in [-0.05, 0) is 36.3 Å². The summed E-state index contributed by atoms with van der Waals surface area (Å²) in [5, 5.41) is 0. The van der Waals surface area contributed by atoms with Crippen molar-refractivity contribution in [3.8, 4) is 5.75 Å². The Labute approximate surface area is 102 Å². The Bertz CT molecular complexity index is 372. The lowest BCUT2D eigenvalue weighted by molar-refractivity contribution is -0.0614. The molecule has 0 saturated carbocycles. The van der Waals surface area contributed by atoms with Crippen LogP contribution in [-0.2, 0) is 10.2 Å². The molecule has 0 aliphatic carbocycles. The van der Waals surface area contributed by atoms with Gasteiger partial charge in [-0.1, -0.05) is 12.1 Å². The molecule has 0 radical (unpaired) electrons. The van der Waals surface area contributed by atoms with Crippen molar-refractivity contribution in [2.75, 3.05) is 26.1 Å². The van der Waals surface area contributed by atoms with Crippen LogP contribution in [0.15, 0.2) is 18.2 Å². The minimum absolute atomic E-state index is 0.193. The zero-order valence-corrected chi connectivity index (χ0v) is 10.7. The summed E-state index contributed by atoms with van der Waals surface area (Å²) in [6.45, 7) is 3.72. The second-order valence-corrected chi connectivity index (χ2v) is 4.88. The maximum absolute atomic E-state index is 5.38. The molecule has 1 aromatic rings. The summed E-state index contributed by atoms with van der Waals surface area (Å²) in [5.74, 6) is 1.85. The second-order valence-electron chi connectivity index (χ2n) is 4.43.